The first-order valence-electron chi connectivity index (χ1n) is 8.11. The Morgan fingerprint density at radius 1 is 1.35 bits per heavy atom. The zero-order valence-corrected chi connectivity index (χ0v) is 13.9. The van der Waals surface area contributed by atoms with E-state index in [0.717, 1.165) is 18.5 Å². The van der Waals surface area contributed by atoms with E-state index in [1.165, 1.54) is 0 Å². The van der Waals surface area contributed by atoms with Gasteiger partial charge in [0.05, 0.1) is 11.2 Å². The van der Waals surface area contributed by atoms with Gasteiger partial charge in [-0.3, -0.25) is 4.79 Å². The van der Waals surface area contributed by atoms with Crippen LogP contribution in [-0.4, -0.2) is 58.1 Å². The van der Waals surface area contributed by atoms with Crippen molar-refractivity contribution in [3.63, 3.8) is 0 Å². The number of amides is 3. The third-order valence-corrected chi connectivity index (χ3v) is 4.91. The Labute approximate surface area is 136 Å². The van der Waals surface area contributed by atoms with E-state index >= 15 is 0 Å². The minimum atomic E-state index is -0.329. The average molecular weight is 320 g/mol. The number of carbonyl (C=O) groups is 2. The molecule has 0 radical (unpaired) electrons. The summed E-state index contributed by atoms with van der Waals surface area (Å²) >= 11 is 0. The van der Waals surface area contributed by atoms with Gasteiger partial charge in [-0.1, -0.05) is 5.16 Å². The van der Waals surface area contributed by atoms with Crippen LogP contribution in [-0.2, 0) is 4.79 Å². The zero-order chi connectivity index (χ0) is 16.6. The zero-order valence-electron chi connectivity index (χ0n) is 13.9. The molecule has 0 bridgehead atoms. The second-order valence-corrected chi connectivity index (χ2v) is 7.14. The number of hydrogen-bond acceptors (Lipinski definition) is 4. The summed E-state index contributed by atoms with van der Waals surface area (Å²) in [5.41, 5.74) is 0.635. The van der Waals surface area contributed by atoms with E-state index in [9.17, 15) is 9.59 Å². The van der Waals surface area contributed by atoms with Gasteiger partial charge in [-0.15, -0.1) is 0 Å². The van der Waals surface area contributed by atoms with Crippen LogP contribution in [0.15, 0.2) is 16.9 Å². The van der Waals surface area contributed by atoms with E-state index in [1.807, 2.05) is 29.7 Å². The fourth-order valence-corrected chi connectivity index (χ4v) is 3.59. The van der Waals surface area contributed by atoms with Crippen molar-refractivity contribution in [2.24, 2.45) is 0 Å². The van der Waals surface area contributed by atoms with Crippen molar-refractivity contribution in [1.29, 1.82) is 0 Å². The van der Waals surface area contributed by atoms with Crippen molar-refractivity contribution in [2.75, 3.05) is 19.6 Å². The van der Waals surface area contributed by atoms with Crippen molar-refractivity contribution in [3.8, 4) is 0 Å². The van der Waals surface area contributed by atoms with Gasteiger partial charge < -0.3 is 19.6 Å². The number of nitrogens with zero attached hydrogens (tertiary/aromatic N) is 3. The number of urea groups is 1. The van der Waals surface area contributed by atoms with Gasteiger partial charge in [0.15, 0.2) is 0 Å². The summed E-state index contributed by atoms with van der Waals surface area (Å²) in [5, 5.41) is 7.03. The molecule has 0 atom stereocenters. The summed E-state index contributed by atoms with van der Waals surface area (Å²) in [5.74, 6) is 0.439. The number of piperazine rings is 1. The maximum absolute atomic E-state index is 12.4. The molecule has 7 nitrogen and oxygen atoms in total. The van der Waals surface area contributed by atoms with Gasteiger partial charge in [-0.05, 0) is 26.7 Å². The molecular weight excluding hydrogens is 296 g/mol. The van der Waals surface area contributed by atoms with Crippen LogP contribution in [0.25, 0.3) is 0 Å². The molecule has 3 amide bonds. The Morgan fingerprint density at radius 3 is 2.65 bits per heavy atom. The lowest BCUT2D eigenvalue weighted by molar-refractivity contribution is -0.137. The van der Waals surface area contributed by atoms with E-state index in [0.29, 0.717) is 25.6 Å². The van der Waals surface area contributed by atoms with E-state index < -0.39 is 0 Å². The molecule has 1 aliphatic carbocycles. The molecule has 126 valence electrons. The van der Waals surface area contributed by atoms with Crippen LogP contribution in [0.3, 0.4) is 0 Å². The highest BCUT2D eigenvalue weighted by Gasteiger charge is 2.39. The first-order valence-corrected chi connectivity index (χ1v) is 8.11. The maximum Gasteiger partial charge on any atom is 0.317 e. The highest BCUT2D eigenvalue weighted by Crippen LogP contribution is 2.36. The molecule has 7 heteroatoms. The van der Waals surface area contributed by atoms with E-state index in [1.54, 1.807) is 13.2 Å². The second kappa shape index (κ2) is 5.86. The highest BCUT2D eigenvalue weighted by atomic mass is 16.5. The van der Waals surface area contributed by atoms with Gasteiger partial charge in [0.2, 0.25) is 5.91 Å². The molecule has 2 heterocycles. The number of carbonyl (C=O) groups excluding carboxylic acids is 2. The summed E-state index contributed by atoms with van der Waals surface area (Å²) < 4.78 is 4.86. The molecular formula is C16H24N4O3. The SMILES string of the molecule is CC(=O)N1CCN(C(=O)NC2CC(c3ccon3)C2)CC1(C)C. The number of rotatable bonds is 2. The molecule has 1 saturated carbocycles. The summed E-state index contributed by atoms with van der Waals surface area (Å²) in [4.78, 5) is 27.7. The first kappa shape index (κ1) is 15.8. The highest BCUT2D eigenvalue weighted by molar-refractivity contribution is 5.77. The Bertz CT molecular complexity index is 578. The molecule has 2 fully saturated rings. The molecule has 1 aliphatic heterocycles. The quantitative estimate of drug-likeness (QED) is 0.897. The number of aromatic nitrogens is 1. The smallest absolute Gasteiger partial charge is 0.317 e. The number of nitrogens with one attached hydrogen (secondary N) is 1. The predicted molar refractivity (Wildman–Crippen MR) is 83.8 cm³/mol. The third kappa shape index (κ3) is 3.18. The topological polar surface area (TPSA) is 78.7 Å². The van der Waals surface area contributed by atoms with Crippen LogP contribution in [0, 0.1) is 0 Å². The number of hydrogen-bond donors (Lipinski definition) is 1. The molecule has 2 aliphatic rings. The Kier molecular flexibility index (Phi) is 4.04. The molecule has 1 aromatic heterocycles. The van der Waals surface area contributed by atoms with Crippen molar-refractivity contribution >= 4 is 11.9 Å². The fraction of sp³-hybridized carbons (Fsp3) is 0.688. The lowest BCUT2D eigenvalue weighted by atomic mass is 9.78. The second-order valence-electron chi connectivity index (χ2n) is 7.14. The molecule has 1 N–H and O–H groups in total. The van der Waals surface area contributed by atoms with Crippen LogP contribution in [0.5, 0.6) is 0 Å². The Hall–Kier alpha value is -2.05. The molecule has 23 heavy (non-hydrogen) atoms. The Morgan fingerprint density at radius 2 is 2.09 bits per heavy atom. The van der Waals surface area contributed by atoms with Gasteiger partial charge in [-0.2, -0.15) is 0 Å². The van der Waals surface area contributed by atoms with E-state index in [4.69, 9.17) is 4.52 Å². The molecule has 3 rings (SSSR count). The normalized spacial score (nSPS) is 26.6. The first-order chi connectivity index (χ1) is 10.9. The monoisotopic (exact) mass is 320 g/mol. The fourth-order valence-electron chi connectivity index (χ4n) is 3.59. The average Bonchev–Trinajstić information content (AvgIpc) is 2.93. The van der Waals surface area contributed by atoms with Crippen LogP contribution in [0.1, 0.15) is 45.2 Å². The Balaban J connectivity index is 1.49. The van der Waals surface area contributed by atoms with Crippen molar-refractivity contribution in [2.45, 2.75) is 51.1 Å². The van der Waals surface area contributed by atoms with E-state index in [-0.39, 0.29) is 23.5 Å². The largest absolute Gasteiger partial charge is 0.365 e. The maximum atomic E-state index is 12.4. The minimum Gasteiger partial charge on any atom is -0.365 e. The predicted octanol–water partition coefficient (Wildman–Crippen LogP) is 1.57. The summed E-state index contributed by atoms with van der Waals surface area (Å²) in [6.07, 6.45) is 3.38. The lowest BCUT2D eigenvalue weighted by Gasteiger charge is -2.47. The van der Waals surface area contributed by atoms with Gasteiger partial charge >= 0.3 is 6.03 Å². The lowest BCUT2D eigenvalue weighted by Crippen LogP contribution is -2.63. The van der Waals surface area contributed by atoms with Crippen LogP contribution in [0.4, 0.5) is 4.79 Å². The van der Waals surface area contributed by atoms with Gasteiger partial charge in [0.25, 0.3) is 0 Å². The van der Waals surface area contributed by atoms with Crippen LogP contribution >= 0.6 is 0 Å². The molecule has 1 aromatic rings. The van der Waals surface area contributed by atoms with Gasteiger partial charge in [0.1, 0.15) is 6.26 Å². The third-order valence-electron chi connectivity index (χ3n) is 4.91. The molecule has 0 aromatic carbocycles. The minimum absolute atomic E-state index is 0.0371. The van der Waals surface area contributed by atoms with Crippen molar-refractivity contribution in [1.82, 2.24) is 20.3 Å². The molecule has 1 saturated heterocycles. The summed E-state index contributed by atoms with van der Waals surface area (Å²) in [6.45, 7) is 7.29. The van der Waals surface area contributed by atoms with Gasteiger partial charge in [0, 0.05) is 44.6 Å². The molecule has 0 spiro atoms. The van der Waals surface area contributed by atoms with Gasteiger partial charge in [-0.25, -0.2) is 4.79 Å². The standard InChI is InChI=1S/C16H24N4O3/c1-11(21)20-6-5-19(10-16(20,2)3)15(22)17-13-8-12(9-13)14-4-7-23-18-14/h4,7,12-13H,5-6,8-10H2,1-3H3,(H,17,22). The van der Waals surface area contributed by atoms with Crippen molar-refractivity contribution in [3.05, 3.63) is 18.0 Å². The molecule has 0 unspecified atom stereocenters. The van der Waals surface area contributed by atoms with Crippen LogP contribution in [0.2, 0.25) is 0 Å². The van der Waals surface area contributed by atoms with E-state index in [2.05, 4.69) is 10.5 Å². The van der Waals surface area contributed by atoms with Crippen LogP contribution < -0.4 is 5.32 Å². The van der Waals surface area contributed by atoms with Crippen molar-refractivity contribution < 1.29 is 14.1 Å². The summed E-state index contributed by atoms with van der Waals surface area (Å²) in [7, 11) is 0. The summed E-state index contributed by atoms with van der Waals surface area (Å²) in [6, 6.07) is 2.04.